The van der Waals surface area contributed by atoms with Crippen LogP contribution in [-0.4, -0.2) is 9.78 Å². The normalized spacial score (nSPS) is 14.2. The fraction of sp³-hybridized carbons (Fsp3) is 0.133. The number of nitrogens with one attached hydrogen (secondary N) is 1. The van der Waals surface area contributed by atoms with E-state index in [2.05, 4.69) is 28.6 Å². The minimum atomic E-state index is 0.758. The van der Waals surface area contributed by atoms with E-state index >= 15 is 0 Å². The maximum atomic E-state index is 5.66. The zero-order valence-corrected chi connectivity index (χ0v) is 10.6. The van der Waals surface area contributed by atoms with Crippen molar-refractivity contribution in [1.29, 1.82) is 0 Å². The molecule has 0 saturated carbocycles. The second-order valence-corrected chi connectivity index (χ2v) is 4.50. The molecule has 0 aliphatic heterocycles. The van der Waals surface area contributed by atoms with Crippen molar-refractivity contribution in [2.45, 2.75) is 12.8 Å². The number of hydrogen-bond donors (Lipinski definition) is 2. The molecule has 0 unspecified atom stereocenters. The molecule has 0 amide bonds. The van der Waals surface area contributed by atoms with Gasteiger partial charge in [-0.15, -0.1) is 0 Å². The summed E-state index contributed by atoms with van der Waals surface area (Å²) in [7, 11) is 0. The molecule has 4 nitrogen and oxygen atoms in total. The van der Waals surface area contributed by atoms with Gasteiger partial charge in [0, 0.05) is 23.6 Å². The lowest BCUT2D eigenvalue weighted by Crippen LogP contribution is -1.99. The number of nitrogens with two attached hydrogens (primary N) is 1. The van der Waals surface area contributed by atoms with Crippen molar-refractivity contribution in [2.75, 3.05) is 11.1 Å². The molecule has 19 heavy (non-hydrogen) atoms. The predicted molar refractivity (Wildman–Crippen MR) is 79.0 cm³/mol. The van der Waals surface area contributed by atoms with E-state index in [-0.39, 0.29) is 0 Å². The molecule has 0 spiro atoms. The monoisotopic (exact) mass is 252 g/mol. The largest absolute Gasteiger partial charge is 0.399 e. The lowest BCUT2D eigenvalue weighted by Gasteiger charge is -2.07. The lowest BCUT2D eigenvalue weighted by atomic mass is 10.1. The van der Waals surface area contributed by atoms with Crippen molar-refractivity contribution in [3.8, 4) is 0 Å². The van der Waals surface area contributed by atoms with Gasteiger partial charge in [-0.05, 0) is 43.2 Å². The Morgan fingerprint density at radius 3 is 2.68 bits per heavy atom. The Balaban J connectivity index is 1.76. The van der Waals surface area contributed by atoms with Crippen LogP contribution in [0.1, 0.15) is 12.8 Å². The van der Waals surface area contributed by atoms with E-state index in [1.54, 1.807) is 0 Å². The third-order valence-corrected chi connectivity index (χ3v) is 3.01. The summed E-state index contributed by atoms with van der Waals surface area (Å²) in [6, 6.07) is 9.57. The van der Waals surface area contributed by atoms with Gasteiger partial charge in [-0.3, -0.25) is 0 Å². The van der Waals surface area contributed by atoms with Crippen LogP contribution in [-0.2, 0) is 0 Å². The number of nitrogens with zero attached hydrogens (tertiary/aromatic N) is 2. The summed E-state index contributed by atoms with van der Waals surface area (Å²) < 4.78 is 1.88. The lowest BCUT2D eigenvalue weighted by molar-refractivity contribution is 0.892. The minimum absolute atomic E-state index is 0.758. The summed E-state index contributed by atoms with van der Waals surface area (Å²) >= 11 is 0. The van der Waals surface area contributed by atoms with Crippen molar-refractivity contribution in [3.63, 3.8) is 0 Å². The summed E-state index contributed by atoms with van der Waals surface area (Å²) in [6.07, 6.45) is 10.6. The Hall–Kier alpha value is -2.49. The van der Waals surface area contributed by atoms with E-state index in [1.165, 1.54) is 0 Å². The van der Waals surface area contributed by atoms with Crippen molar-refractivity contribution in [2.24, 2.45) is 0 Å². The van der Waals surface area contributed by atoms with Crippen molar-refractivity contribution < 1.29 is 0 Å². The van der Waals surface area contributed by atoms with E-state index < -0.39 is 0 Å². The highest BCUT2D eigenvalue weighted by atomic mass is 15.3. The molecule has 1 aliphatic rings. The topological polar surface area (TPSA) is 55.9 Å². The first-order valence-electron chi connectivity index (χ1n) is 6.36. The average molecular weight is 252 g/mol. The van der Waals surface area contributed by atoms with Crippen molar-refractivity contribution in [3.05, 3.63) is 54.8 Å². The van der Waals surface area contributed by atoms with Crippen LogP contribution >= 0.6 is 0 Å². The van der Waals surface area contributed by atoms with Crippen molar-refractivity contribution >= 4 is 22.9 Å². The highest BCUT2D eigenvalue weighted by molar-refractivity contribution is 5.61. The number of benzene rings is 1. The van der Waals surface area contributed by atoms with Gasteiger partial charge in [-0.1, -0.05) is 12.2 Å². The van der Waals surface area contributed by atoms with E-state index in [9.17, 15) is 0 Å². The van der Waals surface area contributed by atoms with Crippen LogP contribution in [0.4, 0.5) is 17.2 Å². The van der Waals surface area contributed by atoms with Crippen LogP contribution in [0.2, 0.25) is 0 Å². The first-order chi connectivity index (χ1) is 9.31. The highest BCUT2D eigenvalue weighted by Crippen LogP contribution is 2.19. The molecule has 1 aromatic carbocycles. The van der Waals surface area contributed by atoms with Gasteiger partial charge in [-0.25, -0.2) is 4.68 Å². The molecule has 0 atom stereocenters. The van der Waals surface area contributed by atoms with Crippen LogP contribution in [0.15, 0.2) is 54.8 Å². The van der Waals surface area contributed by atoms with E-state index in [0.717, 1.165) is 35.7 Å². The average Bonchev–Trinajstić information content (AvgIpc) is 2.91. The van der Waals surface area contributed by atoms with Gasteiger partial charge in [0.1, 0.15) is 0 Å². The zero-order chi connectivity index (χ0) is 13.1. The van der Waals surface area contributed by atoms with Gasteiger partial charge >= 0.3 is 0 Å². The number of rotatable bonds is 3. The minimum Gasteiger partial charge on any atom is -0.399 e. The molecular formula is C15H16N4. The first kappa shape index (κ1) is 11.6. The zero-order valence-electron chi connectivity index (χ0n) is 10.6. The number of nitrogen functional groups attached to an aromatic ring is 1. The molecule has 1 aliphatic carbocycles. The second-order valence-electron chi connectivity index (χ2n) is 4.50. The molecule has 0 radical (unpaired) electrons. The fourth-order valence-electron chi connectivity index (χ4n) is 2.02. The van der Waals surface area contributed by atoms with E-state index in [0.29, 0.717) is 0 Å². The summed E-state index contributed by atoms with van der Waals surface area (Å²) in [5.74, 6) is 0.824. The number of hydrogen-bond acceptors (Lipinski definition) is 3. The summed E-state index contributed by atoms with van der Waals surface area (Å²) in [6.45, 7) is 0. The third kappa shape index (κ3) is 2.68. The van der Waals surface area contributed by atoms with Crippen LogP contribution in [0, 0.1) is 0 Å². The van der Waals surface area contributed by atoms with Gasteiger partial charge in [-0.2, -0.15) is 5.10 Å². The van der Waals surface area contributed by atoms with E-state index in [4.69, 9.17) is 5.73 Å². The van der Waals surface area contributed by atoms with Gasteiger partial charge in [0.05, 0.1) is 5.70 Å². The molecule has 0 bridgehead atoms. The molecule has 2 aromatic rings. The van der Waals surface area contributed by atoms with Crippen LogP contribution in [0.5, 0.6) is 0 Å². The molecule has 1 aromatic heterocycles. The standard InChI is InChI=1S/C15H16N4/c16-12-6-8-13(9-7-12)17-15-10-11-19(18-15)14-4-2-1-3-5-14/h2,4-11H,1,3,16H2,(H,17,18). The van der Waals surface area contributed by atoms with Gasteiger partial charge in [0.15, 0.2) is 5.82 Å². The van der Waals surface area contributed by atoms with Crippen LogP contribution < -0.4 is 11.1 Å². The predicted octanol–water partition coefficient (Wildman–Crippen LogP) is 3.40. The Bertz CT molecular complexity index is 620. The van der Waals surface area contributed by atoms with Gasteiger partial charge in [0.2, 0.25) is 0 Å². The molecule has 3 N–H and O–H groups in total. The van der Waals surface area contributed by atoms with Crippen LogP contribution in [0.25, 0.3) is 5.70 Å². The van der Waals surface area contributed by atoms with Gasteiger partial charge in [0.25, 0.3) is 0 Å². The summed E-state index contributed by atoms with van der Waals surface area (Å²) in [5.41, 5.74) is 8.52. The Kier molecular flexibility index (Phi) is 3.06. The Morgan fingerprint density at radius 1 is 1.11 bits per heavy atom. The summed E-state index contributed by atoms with van der Waals surface area (Å²) in [4.78, 5) is 0. The maximum absolute atomic E-state index is 5.66. The fourth-order valence-corrected chi connectivity index (χ4v) is 2.02. The molecule has 0 fully saturated rings. The maximum Gasteiger partial charge on any atom is 0.152 e. The number of allylic oxidation sites excluding steroid dienone is 4. The Morgan fingerprint density at radius 2 is 1.95 bits per heavy atom. The quantitative estimate of drug-likeness (QED) is 0.823. The smallest absolute Gasteiger partial charge is 0.152 e. The van der Waals surface area contributed by atoms with Crippen molar-refractivity contribution in [1.82, 2.24) is 9.78 Å². The molecule has 1 heterocycles. The SMILES string of the molecule is Nc1ccc(Nc2ccn(C3=CCCC=C3)n2)cc1. The Labute approximate surface area is 112 Å². The molecular weight excluding hydrogens is 236 g/mol. The van der Waals surface area contributed by atoms with E-state index in [1.807, 2.05) is 41.2 Å². The number of aromatic nitrogens is 2. The first-order valence-corrected chi connectivity index (χ1v) is 6.36. The molecule has 96 valence electrons. The molecule has 0 saturated heterocycles. The second kappa shape index (κ2) is 5.02. The highest BCUT2D eigenvalue weighted by Gasteiger charge is 2.03. The molecule has 3 rings (SSSR count). The number of anilines is 3. The summed E-state index contributed by atoms with van der Waals surface area (Å²) in [5, 5.41) is 7.76. The molecule has 4 heteroatoms. The van der Waals surface area contributed by atoms with Crippen LogP contribution in [0.3, 0.4) is 0 Å². The van der Waals surface area contributed by atoms with Gasteiger partial charge < -0.3 is 11.1 Å². The third-order valence-electron chi connectivity index (χ3n) is 3.01.